The second-order valence-corrected chi connectivity index (χ2v) is 6.55. The molecule has 0 N–H and O–H groups in total. The molecule has 0 atom stereocenters. The standard InChI is InChI=1S/C17H27N5O3/c1-13-14(10-21(2)19-13)11-22-7-4-15(5-8-22)24-12-17-18-16(20-25-17)6-9-23-3/h10,15H,4-9,11-12H2,1-3H3. The van der Waals surface area contributed by atoms with E-state index in [9.17, 15) is 0 Å². The van der Waals surface area contributed by atoms with Crippen LogP contribution in [0.4, 0.5) is 0 Å². The van der Waals surface area contributed by atoms with Gasteiger partial charge in [0, 0.05) is 52.0 Å². The van der Waals surface area contributed by atoms with Crippen LogP contribution in [0.1, 0.15) is 35.8 Å². The Bertz CT molecular complexity index is 661. The summed E-state index contributed by atoms with van der Waals surface area (Å²) in [5.41, 5.74) is 2.41. The normalized spacial score (nSPS) is 16.6. The number of aromatic nitrogens is 4. The van der Waals surface area contributed by atoms with Crippen molar-refractivity contribution in [1.29, 1.82) is 0 Å². The van der Waals surface area contributed by atoms with E-state index >= 15 is 0 Å². The van der Waals surface area contributed by atoms with Gasteiger partial charge in [0.25, 0.3) is 5.89 Å². The van der Waals surface area contributed by atoms with Crippen molar-refractivity contribution in [2.75, 3.05) is 26.8 Å². The van der Waals surface area contributed by atoms with E-state index in [1.807, 2.05) is 11.7 Å². The summed E-state index contributed by atoms with van der Waals surface area (Å²) < 4.78 is 18.0. The van der Waals surface area contributed by atoms with Gasteiger partial charge in [-0.15, -0.1) is 0 Å². The molecule has 1 fully saturated rings. The van der Waals surface area contributed by atoms with Crippen LogP contribution in [0, 0.1) is 6.92 Å². The molecule has 0 amide bonds. The van der Waals surface area contributed by atoms with Gasteiger partial charge in [-0.1, -0.05) is 5.16 Å². The van der Waals surface area contributed by atoms with Gasteiger partial charge in [-0.3, -0.25) is 9.58 Å². The summed E-state index contributed by atoms with van der Waals surface area (Å²) in [4.78, 5) is 6.77. The first-order chi connectivity index (χ1) is 12.1. The van der Waals surface area contributed by atoms with Crippen LogP contribution >= 0.6 is 0 Å². The van der Waals surface area contributed by atoms with Crippen molar-refractivity contribution in [2.45, 2.75) is 45.4 Å². The van der Waals surface area contributed by atoms with E-state index in [1.54, 1.807) is 7.11 Å². The molecule has 25 heavy (non-hydrogen) atoms. The third-order valence-electron chi connectivity index (χ3n) is 4.53. The van der Waals surface area contributed by atoms with E-state index in [4.69, 9.17) is 14.0 Å². The minimum absolute atomic E-state index is 0.251. The second-order valence-electron chi connectivity index (χ2n) is 6.55. The number of piperidine rings is 1. The summed E-state index contributed by atoms with van der Waals surface area (Å²) in [5.74, 6) is 1.21. The number of likely N-dealkylation sites (tertiary alicyclic amines) is 1. The largest absolute Gasteiger partial charge is 0.384 e. The zero-order valence-corrected chi connectivity index (χ0v) is 15.3. The first-order valence-electron chi connectivity index (χ1n) is 8.77. The quantitative estimate of drug-likeness (QED) is 0.714. The lowest BCUT2D eigenvalue weighted by molar-refractivity contribution is -0.0137. The molecule has 1 saturated heterocycles. The average molecular weight is 349 g/mol. The van der Waals surface area contributed by atoms with Crippen molar-refractivity contribution in [2.24, 2.45) is 7.05 Å². The van der Waals surface area contributed by atoms with Gasteiger partial charge in [0.15, 0.2) is 5.82 Å². The number of aryl methyl sites for hydroxylation is 2. The highest BCUT2D eigenvalue weighted by Crippen LogP contribution is 2.18. The maximum atomic E-state index is 5.94. The fraction of sp³-hybridized carbons (Fsp3) is 0.706. The maximum absolute atomic E-state index is 5.94. The number of rotatable bonds is 8. The lowest BCUT2D eigenvalue weighted by Crippen LogP contribution is -2.36. The number of nitrogens with zero attached hydrogens (tertiary/aromatic N) is 5. The number of hydrogen-bond acceptors (Lipinski definition) is 7. The van der Waals surface area contributed by atoms with Crippen LogP contribution in [0.5, 0.6) is 0 Å². The zero-order chi connectivity index (χ0) is 17.6. The summed E-state index contributed by atoms with van der Waals surface area (Å²) in [6.45, 7) is 6.06. The molecule has 2 aromatic rings. The van der Waals surface area contributed by atoms with Gasteiger partial charge in [-0.2, -0.15) is 10.1 Å². The van der Waals surface area contributed by atoms with Crippen molar-refractivity contribution < 1.29 is 14.0 Å². The van der Waals surface area contributed by atoms with E-state index in [-0.39, 0.29) is 6.10 Å². The molecular formula is C17H27N5O3. The fourth-order valence-corrected chi connectivity index (χ4v) is 3.11. The zero-order valence-electron chi connectivity index (χ0n) is 15.3. The van der Waals surface area contributed by atoms with Crippen LogP contribution in [-0.2, 0) is 36.1 Å². The fourth-order valence-electron chi connectivity index (χ4n) is 3.11. The maximum Gasteiger partial charge on any atom is 0.252 e. The molecule has 3 heterocycles. The van der Waals surface area contributed by atoms with Crippen LogP contribution in [0.3, 0.4) is 0 Å². The SMILES string of the molecule is COCCc1noc(COC2CCN(Cc3cn(C)nc3C)CC2)n1. The van der Waals surface area contributed by atoms with E-state index in [0.29, 0.717) is 31.3 Å². The van der Waals surface area contributed by atoms with Crippen molar-refractivity contribution in [3.63, 3.8) is 0 Å². The second kappa shape index (κ2) is 8.55. The highest BCUT2D eigenvalue weighted by Gasteiger charge is 2.21. The van der Waals surface area contributed by atoms with Crippen molar-refractivity contribution in [3.05, 3.63) is 29.2 Å². The summed E-state index contributed by atoms with van der Waals surface area (Å²) in [5, 5.41) is 8.33. The van der Waals surface area contributed by atoms with Crippen molar-refractivity contribution in [3.8, 4) is 0 Å². The van der Waals surface area contributed by atoms with Gasteiger partial charge in [0.2, 0.25) is 0 Å². The van der Waals surface area contributed by atoms with Crippen LogP contribution < -0.4 is 0 Å². The molecule has 8 nitrogen and oxygen atoms in total. The summed E-state index contributed by atoms with van der Waals surface area (Å²) >= 11 is 0. The molecule has 0 saturated carbocycles. The third-order valence-corrected chi connectivity index (χ3v) is 4.53. The molecule has 0 bridgehead atoms. The highest BCUT2D eigenvalue weighted by molar-refractivity contribution is 5.15. The number of hydrogen-bond donors (Lipinski definition) is 0. The molecule has 0 aliphatic carbocycles. The van der Waals surface area contributed by atoms with E-state index in [0.717, 1.165) is 38.2 Å². The summed E-state index contributed by atoms with van der Waals surface area (Å²) in [6.07, 6.45) is 5.05. The van der Waals surface area contributed by atoms with Gasteiger partial charge < -0.3 is 14.0 Å². The molecule has 0 radical (unpaired) electrons. The van der Waals surface area contributed by atoms with Gasteiger partial charge in [-0.25, -0.2) is 0 Å². The van der Waals surface area contributed by atoms with Crippen molar-refractivity contribution >= 4 is 0 Å². The van der Waals surface area contributed by atoms with E-state index in [2.05, 4.69) is 33.3 Å². The van der Waals surface area contributed by atoms with E-state index < -0.39 is 0 Å². The van der Waals surface area contributed by atoms with Gasteiger partial charge in [0.1, 0.15) is 6.61 Å². The molecule has 0 unspecified atom stereocenters. The molecule has 0 aromatic carbocycles. The molecule has 8 heteroatoms. The van der Waals surface area contributed by atoms with Gasteiger partial charge in [-0.05, 0) is 19.8 Å². The topological polar surface area (TPSA) is 78.4 Å². The molecule has 138 valence electrons. The minimum atomic E-state index is 0.251. The molecule has 3 rings (SSSR count). The highest BCUT2D eigenvalue weighted by atomic mass is 16.5. The Labute approximate surface area is 148 Å². The Morgan fingerprint density at radius 2 is 2.12 bits per heavy atom. The van der Waals surface area contributed by atoms with Gasteiger partial charge in [0.05, 0.1) is 18.4 Å². The van der Waals surface area contributed by atoms with Crippen LogP contribution in [0.15, 0.2) is 10.7 Å². The Morgan fingerprint density at radius 1 is 1.32 bits per heavy atom. The molecule has 1 aliphatic rings. The van der Waals surface area contributed by atoms with E-state index in [1.165, 1.54) is 5.56 Å². The molecular weight excluding hydrogens is 322 g/mol. The number of methoxy groups -OCH3 is 1. The Kier molecular flexibility index (Phi) is 6.17. The third kappa shape index (κ3) is 5.10. The Balaban J connectivity index is 1.39. The van der Waals surface area contributed by atoms with Gasteiger partial charge >= 0.3 is 0 Å². The first kappa shape index (κ1) is 18.0. The molecule has 1 aliphatic heterocycles. The Morgan fingerprint density at radius 3 is 2.80 bits per heavy atom. The van der Waals surface area contributed by atoms with Crippen LogP contribution in [0.25, 0.3) is 0 Å². The summed E-state index contributed by atoms with van der Waals surface area (Å²) in [7, 11) is 3.63. The lowest BCUT2D eigenvalue weighted by atomic mass is 10.1. The Hall–Kier alpha value is -1.77. The number of ether oxygens (including phenoxy) is 2. The predicted molar refractivity (Wildman–Crippen MR) is 90.9 cm³/mol. The average Bonchev–Trinajstić information content (AvgIpc) is 3.18. The smallest absolute Gasteiger partial charge is 0.252 e. The van der Waals surface area contributed by atoms with Crippen molar-refractivity contribution in [1.82, 2.24) is 24.8 Å². The minimum Gasteiger partial charge on any atom is -0.384 e. The summed E-state index contributed by atoms with van der Waals surface area (Å²) in [6, 6.07) is 0. The first-order valence-corrected chi connectivity index (χ1v) is 8.77. The lowest BCUT2D eigenvalue weighted by Gasteiger charge is -2.31. The molecule has 2 aromatic heterocycles. The molecule has 0 spiro atoms. The van der Waals surface area contributed by atoms with Crippen LogP contribution in [-0.4, -0.2) is 57.7 Å². The van der Waals surface area contributed by atoms with Crippen LogP contribution in [0.2, 0.25) is 0 Å². The predicted octanol–water partition coefficient (Wildman–Crippen LogP) is 1.48. The monoisotopic (exact) mass is 349 g/mol.